The van der Waals surface area contributed by atoms with E-state index in [0.29, 0.717) is 18.1 Å². The molecule has 0 spiro atoms. The first kappa shape index (κ1) is 15.6. The lowest BCUT2D eigenvalue weighted by Gasteiger charge is -2.13. The maximum Gasteiger partial charge on any atom is 0.231 e. The number of aliphatic hydroxyl groups is 1. The Balaban J connectivity index is 1.57. The van der Waals surface area contributed by atoms with Gasteiger partial charge in [0, 0.05) is 18.1 Å². The molecule has 0 radical (unpaired) electrons. The fourth-order valence-electron chi connectivity index (χ4n) is 2.28. The van der Waals surface area contributed by atoms with Crippen molar-refractivity contribution in [2.24, 2.45) is 0 Å². The van der Waals surface area contributed by atoms with Gasteiger partial charge in [-0.25, -0.2) is 0 Å². The summed E-state index contributed by atoms with van der Waals surface area (Å²) >= 11 is 9.31. The maximum atomic E-state index is 10.1. The number of aliphatic hydroxyl groups excluding tert-OH is 1. The van der Waals surface area contributed by atoms with Gasteiger partial charge in [-0.2, -0.15) is 0 Å². The minimum Gasteiger partial charge on any atom is -0.454 e. The van der Waals surface area contributed by atoms with Crippen LogP contribution in [0.5, 0.6) is 11.5 Å². The predicted molar refractivity (Wildman–Crippen MR) is 88.4 cm³/mol. The quantitative estimate of drug-likeness (QED) is 0.826. The average molecular weight is 385 g/mol. The first-order valence-corrected chi connectivity index (χ1v) is 8.03. The summed E-state index contributed by atoms with van der Waals surface area (Å²) in [6.07, 6.45) is -0.574. The van der Waals surface area contributed by atoms with Crippen molar-refractivity contribution in [3.63, 3.8) is 0 Å². The van der Waals surface area contributed by atoms with Crippen LogP contribution in [-0.2, 0) is 6.54 Å². The van der Waals surface area contributed by atoms with Gasteiger partial charge in [0.2, 0.25) is 6.79 Å². The number of hydrogen-bond acceptors (Lipinski definition) is 4. The molecule has 3 rings (SSSR count). The van der Waals surface area contributed by atoms with Crippen LogP contribution < -0.4 is 14.8 Å². The van der Waals surface area contributed by atoms with E-state index in [1.807, 2.05) is 24.3 Å². The van der Waals surface area contributed by atoms with Crippen LogP contribution in [0.15, 0.2) is 40.9 Å². The van der Waals surface area contributed by atoms with Crippen molar-refractivity contribution in [3.8, 4) is 11.5 Å². The van der Waals surface area contributed by atoms with Crippen LogP contribution in [-0.4, -0.2) is 18.4 Å². The van der Waals surface area contributed by atoms with E-state index in [4.69, 9.17) is 21.1 Å². The number of fused-ring (bicyclic) bond motifs is 1. The summed E-state index contributed by atoms with van der Waals surface area (Å²) in [6, 6.07) is 11.1. The van der Waals surface area contributed by atoms with E-state index in [1.165, 1.54) is 0 Å². The summed E-state index contributed by atoms with van der Waals surface area (Å²) in [7, 11) is 0. The van der Waals surface area contributed by atoms with Gasteiger partial charge in [0.05, 0.1) is 10.6 Å². The molecule has 2 N–H and O–H groups in total. The zero-order valence-electron chi connectivity index (χ0n) is 11.7. The van der Waals surface area contributed by atoms with Crippen molar-refractivity contribution in [3.05, 3.63) is 57.0 Å². The minimum absolute atomic E-state index is 0.250. The second kappa shape index (κ2) is 6.87. The lowest BCUT2D eigenvalue weighted by molar-refractivity contribution is 0.173. The van der Waals surface area contributed by atoms with Gasteiger partial charge in [-0.3, -0.25) is 0 Å². The van der Waals surface area contributed by atoms with E-state index in [2.05, 4.69) is 21.2 Å². The molecule has 0 aromatic heterocycles. The molecule has 0 unspecified atom stereocenters. The summed E-state index contributed by atoms with van der Waals surface area (Å²) < 4.78 is 11.6. The van der Waals surface area contributed by atoms with E-state index in [9.17, 15) is 5.11 Å². The van der Waals surface area contributed by atoms with Crippen LogP contribution in [0.1, 0.15) is 17.2 Å². The van der Waals surface area contributed by atoms with Crippen LogP contribution >= 0.6 is 27.5 Å². The SMILES string of the molecule is O[C@H](CNCc1cc(Br)c2c(c1)OCO2)c1ccc(Cl)cc1. The van der Waals surface area contributed by atoms with Crippen molar-refractivity contribution in [1.29, 1.82) is 0 Å². The Morgan fingerprint density at radius 1 is 1.23 bits per heavy atom. The third kappa shape index (κ3) is 3.55. The number of hydrogen-bond donors (Lipinski definition) is 2. The second-order valence-electron chi connectivity index (χ2n) is 5.01. The standard InChI is InChI=1S/C16H15BrClNO3/c17-13-5-10(6-15-16(13)22-9-21-15)7-19-8-14(20)11-1-3-12(18)4-2-11/h1-6,14,19-20H,7-9H2/t14-/m1/s1. The number of ether oxygens (including phenoxy) is 2. The van der Waals surface area contributed by atoms with Crippen molar-refractivity contribution < 1.29 is 14.6 Å². The fraction of sp³-hybridized carbons (Fsp3) is 0.250. The summed E-state index contributed by atoms with van der Waals surface area (Å²) in [6.45, 7) is 1.33. The molecule has 0 fully saturated rings. The maximum absolute atomic E-state index is 10.1. The van der Waals surface area contributed by atoms with E-state index in [0.717, 1.165) is 27.1 Å². The fourth-order valence-corrected chi connectivity index (χ4v) is 3.01. The molecule has 116 valence electrons. The molecule has 6 heteroatoms. The highest BCUT2D eigenvalue weighted by Gasteiger charge is 2.17. The third-order valence-electron chi connectivity index (χ3n) is 3.41. The summed E-state index contributed by atoms with van der Waals surface area (Å²) in [5, 5.41) is 14.0. The molecule has 0 bridgehead atoms. The molecule has 1 atom stereocenters. The predicted octanol–water partition coefficient (Wildman–Crippen LogP) is 3.65. The Hall–Kier alpha value is -1.27. The van der Waals surface area contributed by atoms with Gasteiger partial charge in [0.15, 0.2) is 11.5 Å². The van der Waals surface area contributed by atoms with E-state index in [1.54, 1.807) is 12.1 Å². The highest BCUT2D eigenvalue weighted by atomic mass is 79.9. The number of nitrogens with one attached hydrogen (secondary N) is 1. The number of rotatable bonds is 5. The lowest BCUT2D eigenvalue weighted by atomic mass is 10.1. The molecular formula is C16H15BrClNO3. The Morgan fingerprint density at radius 2 is 2.00 bits per heavy atom. The Labute approximate surface area is 142 Å². The van der Waals surface area contributed by atoms with Gasteiger partial charge in [-0.05, 0) is 51.3 Å². The molecule has 22 heavy (non-hydrogen) atoms. The van der Waals surface area contributed by atoms with Gasteiger partial charge in [0.25, 0.3) is 0 Å². The first-order chi connectivity index (χ1) is 10.6. The zero-order chi connectivity index (χ0) is 15.5. The molecule has 1 aliphatic heterocycles. The van der Waals surface area contributed by atoms with Gasteiger partial charge >= 0.3 is 0 Å². The normalized spacial score (nSPS) is 14.1. The largest absolute Gasteiger partial charge is 0.454 e. The van der Waals surface area contributed by atoms with Crippen LogP contribution in [0.2, 0.25) is 5.02 Å². The van der Waals surface area contributed by atoms with Crippen LogP contribution in [0.25, 0.3) is 0 Å². The topological polar surface area (TPSA) is 50.7 Å². The van der Waals surface area contributed by atoms with Crippen LogP contribution in [0.3, 0.4) is 0 Å². The monoisotopic (exact) mass is 383 g/mol. The molecule has 2 aromatic carbocycles. The third-order valence-corrected chi connectivity index (χ3v) is 4.25. The Kier molecular flexibility index (Phi) is 4.88. The van der Waals surface area contributed by atoms with Crippen molar-refractivity contribution in [1.82, 2.24) is 5.32 Å². The first-order valence-electron chi connectivity index (χ1n) is 6.86. The van der Waals surface area contributed by atoms with E-state index >= 15 is 0 Å². The van der Waals surface area contributed by atoms with Gasteiger partial charge < -0.3 is 19.9 Å². The number of halogens is 2. The summed E-state index contributed by atoms with van der Waals surface area (Å²) in [5.41, 5.74) is 1.89. The molecular weight excluding hydrogens is 370 g/mol. The lowest BCUT2D eigenvalue weighted by Crippen LogP contribution is -2.21. The van der Waals surface area contributed by atoms with Crippen molar-refractivity contribution in [2.75, 3.05) is 13.3 Å². The second-order valence-corrected chi connectivity index (χ2v) is 6.30. The van der Waals surface area contributed by atoms with Crippen LogP contribution in [0.4, 0.5) is 0 Å². The Morgan fingerprint density at radius 3 is 2.77 bits per heavy atom. The smallest absolute Gasteiger partial charge is 0.231 e. The molecule has 1 aliphatic rings. The van der Waals surface area contributed by atoms with Crippen molar-refractivity contribution in [2.45, 2.75) is 12.6 Å². The molecule has 4 nitrogen and oxygen atoms in total. The van der Waals surface area contributed by atoms with Crippen LogP contribution in [0, 0.1) is 0 Å². The van der Waals surface area contributed by atoms with Gasteiger partial charge in [0.1, 0.15) is 0 Å². The van der Waals surface area contributed by atoms with Crippen molar-refractivity contribution >= 4 is 27.5 Å². The zero-order valence-corrected chi connectivity index (χ0v) is 14.0. The molecule has 1 heterocycles. The highest BCUT2D eigenvalue weighted by Crippen LogP contribution is 2.39. The number of benzene rings is 2. The molecule has 2 aromatic rings. The summed E-state index contributed by atoms with van der Waals surface area (Å²) in [5.74, 6) is 1.48. The molecule has 0 saturated heterocycles. The highest BCUT2D eigenvalue weighted by molar-refractivity contribution is 9.10. The summed E-state index contributed by atoms with van der Waals surface area (Å²) in [4.78, 5) is 0. The van der Waals surface area contributed by atoms with E-state index < -0.39 is 6.10 Å². The molecule has 0 saturated carbocycles. The molecule has 0 aliphatic carbocycles. The Bertz CT molecular complexity index is 663. The minimum atomic E-state index is -0.574. The molecule has 0 amide bonds. The van der Waals surface area contributed by atoms with E-state index in [-0.39, 0.29) is 6.79 Å². The van der Waals surface area contributed by atoms with Gasteiger partial charge in [-0.15, -0.1) is 0 Å². The average Bonchev–Trinajstić information content (AvgIpc) is 2.97. The van der Waals surface area contributed by atoms with Gasteiger partial charge in [-0.1, -0.05) is 23.7 Å².